The van der Waals surface area contributed by atoms with Crippen molar-refractivity contribution in [1.82, 2.24) is 15.1 Å². The summed E-state index contributed by atoms with van der Waals surface area (Å²) in [7, 11) is 7.66. The number of carbonyl (C=O) groups excluding carboxylic acids is 1. The van der Waals surface area contributed by atoms with E-state index in [1.54, 1.807) is 4.90 Å². The zero-order valence-electron chi connectivity index (χ0n) is 10.9. The average molecular weight is 215 g/mol. The summed E-state index contributed by atoms with van der Waals surface area (Å²) >= 11 is 0. The molecular weight excluding hydrogens is 190 g/mol. The molecule has 0 aromatic heterocycles. The largest absolute Gasteiger partial charge is 0.343 e. The average Bonchev–Trinajstić information content (AvgIpc) is 2.12. The molecular formula is C11H25N3O. The van der Waals surface area contributed by atoms with Crippen molar-refractivity contribution >= 4 is 5.91 Å². The fraction of sp³-hybridized carbons (Fsp3) is 0.909. The second kappa shape index (κ2) is 6.80. The Kier molecular flexibility index (Phi) is 6.52. The van der Waals surface area contributed by atoms with Gasteiger partial charge in [0.25, 0.3) is 0 Å². The molecule has 4 heteroatoms. The third kappa shape index (κ3) is 4.62. The van der Waals surface area contributed by atoms with Gasteiger partial charge in [-0.2, -0.15) is 0 Å². The second-order valence-electron chi connectivity index (χ2n) is 4.52. The minimum atomic E-state index is -0.0214. The van der Waals surface area contributed by atoms with Crippen LogP contribution in [0.1, 0.15) is 13.8 Å². The number of rotatable bonds is 6. The first-order valence-electron chi connectivity index (χ1n) is 5.47. The number of likely N-dealkylation sites (N-methyl/N-ethyl adjacent to an activating group) is 3. The Balaban J connectivity index is 4.36. The lowest BCUT2D eigenvalue weighted by Crippen LogP contribution is -2.48. The van der Waals surface area contributed by atoms with Gasteiger partial charge >= 0.3 is 0 Å². The van der Waals surface area contributed by atoms with E-state index in [9.17, 15) is 4.79 Å². The van der Waals surface area contributed by atoms with Crippen molar-refractivity contribution in [2.45, 2.75) is 19.9 Å². The Labute approximate surface area is 93.6 Å². The lowest BCUT2D eigenvalue weighted by molar-refractivity contribution is -0.136. The van der Waals surface area contributed by atoms with Crippen LogP contribution in [-0.2, 0) is 4.79 Å². The van der Waals surface area contributed by atoms with Crippen molar-refractivity contribution in [1.29, 1.82) is 0 Å². The maximum Gasteiger partial charge on any atom is 0.239 e. The van der Waals surface area contributed by atoms with Crippen LogP contribution in [0.15, 0.2) is 0 Å². The Hall–Kier alpha value is -0.610. The third-order valence-corrected chi connectivity index (χ3v) is 2.51. The number of nitrogens with zero attached hydrogens (tertiary/aromatic N) is 2. The van der Waals surface area contributed by atoms with Crippen LogP contribution in [0.4, 0.5) is 0 Å². The normalized spacial score (nSPS) is 13.3. The second-order valence-corrected chi connectivity index (χ2v) is 4.52. The van der Waals surface area contributed by atoms with E-state index in [4.69, 9.17) is 0 Å². The van der Waals surface area contributed by atoms with Gasteiger partial charge in [-0.1, -0.05) is 13.8 Å². The predicted molar refractivity (Wildman–Crippen MR) is 63.9 cm³/mol. The number of nitrogens with one attached hydrogen (secondary N) is 1. The third-order valence-electron chi connectivity index (χ3n) is 2.51. The predicted octanol–water partition coefficient (Wildman–Crippen LogP) is 0.250. The number of carbonyl (C=O) groups is 1. The molecule has 0 saturated carbocycles. The molecule has 1 unspecified atom stereocenters. The van der Waals surface area contributed by atoms with E-state index in [-0.39, 0.29) is 11.9 Å². The van der Waals surface area contributed by atoms with Crippen LogP contribution >= 0.6 is 0 Å². The molecule has 1 amide bonds. The summed E-state index contributed by atoms with van der Waals surface area (Å²) in [5.74, 6) is 0.537. The SMILES string of the molecule is CNCCN(C)C(=O)C(C(C)C)N(C)C. The van der Waals surface area contributed by atoms with Gasteiger partial charge in [-0.15, -0.1) is 0 Å². The van der Waals surface area contributed by atoms with E-state index < -0.39 is 0 Å². The standard InChI is InChI=1S/C11H25N3O/c1-9(2)10(13(4)5)11(15)14(6)8-7-12-3/h9-10,12H,7-8H2,1-6H3. The van der Waals surface area contributed by atoms with Crippen molar-refractivity contribution < 1.29 is 4.79 Å². The van der Waals surface area contributed by atoms with E-state index >= 15 is 0 Å². The topological polar surface area (TPSA) is 35.6 Å². The van der Waals surface area contributed by atoms with Gasteiger partial charge in [-0.25, -0.2) is 0 Å². The van der Waals surface area contributed by atoms with Crippen LogP contribution < -0.4 is 5.32 Å². The summed E-state index contributed by atoms with van der Waals surface area (Å²) < 4.78 is 0. The van der Waals surface area contributed by atoms with Gasteiger partial charge in [0.05, 0.1) is 6.04 Å². The lowest BCUT2D eigenvalue weighted by atomic mass is 10.0. The Morgan fingerprint density at radius 3 is 2.13 bits per heavy atom. The van der Waals surface area contributed by atoms with E-state index in [1.165, 1.54) is 0 Å². The summed E-state index contributed by atoms with van der Waals surface area (Å²) in [6.45, 7) is 5.75. The van der Waals surface area contributed by atoms with Gasteiger partial charge in [-0.3, -0.25) is 9.69 Å². The van der Waals surface area contributed by atoms with Crippen molar-refractivity contribution in [2.24, 2.45) is 5.92 Å². The van der Waals surface area contributed by atoms with E-state index in [2.05, 4.69) is 19.2 Å². The molecule has 0 heterocycles. The van der Waals surface area contributed by atoms with Crippen LogP contribution in [-0.4, -0.2) is 63.0 Å². The summed E-state index contributed by atoms with van der Waals surface area (Å²) in [4.78, 5) is 15.9. The molecule has 0 spiro atoms. The van der Waals surface area contributed by atoms with Crippen molar-refractivity contribution in [3.8, 4) is 0 Å². The van der Waals surface area contributed by atoms with Gasteiger partial charge in [-0.05, 0) is 27.1 Å². The molecule has 15 heavy (non-hydrogen) atoms. The van der Waals surface area contributed by atoms with Crippen LogP contribution in [0, 0.1) is 5.92 Å². The molecule has 0 aromatic carbocycles. The number of hydrogen-bond acceptors (Lipinski definition) is 3. The van der Waals surface area contributed by atoms with Crippen LogP contribution in [0.2, 0.25) is 0 Å². The number of amides is 1. The Bertz CT molecular complexity index is 184. The minimum absolute atomic E-state index is 0.0214. The highest BCUT2D eigenvalue weighted by atomic mass is 16.2. The molecule has 0 radical (unpaired) electrons. The highest BCUT2D eigenvalue weighted by Crippen LogP contribution is 2.10. The van der Waals surface area contributed by atoms with Crippen LogP contribution in [0.25, 0.3) is 0 Å². The van der Waals surface area contributed by atoms with Gasteiger partial charge in [0.15, 0.2) is 0 Å². The van der Waals surface area contributed by atoms with E-state index in [0.717, 1.165) is 13.1 Å². The van der Waals surface area contributed by atoms with Gasteiger partial charge in [0.2, 0.25) is 5.91 Å². The van der Waals surface area contributed by atoms with E-state index in [1.807, 2.05) is 33.1 Å². The summed E-state index contributed by atoms with van der Waals surface area (Å²) in [5.41, 5.74) is 0. The molecule has 4 nitrogen and oxygen atoms in total. The molecule has 0 saturated heterocycles. The lowest BCUT2D eigenvalue weighted by Gasteiger charge is -2.30. The van der Waals surface area contributed by atoms with Gasteiger partial charge in [0.1, 0.15) is 0 Å². The molecule has 0 aliphatic carbocycles. The molecule has 0 rings (SSSR count). The Morgan fingerprint density at radius 2 is 1.80 bits per heavy atom. The molecule has 0 aliphatic rings. The van der Waals surface area contributed by atoms with Crippen molar-refractivity contribution in [2.75, 3.05) is 41.3 Å². The monoisotopic (exact) mass is 215 g/mol. The molecule has 0 aliphatic heterocycles. The first kappa shape index (κ1) is 14.4. The molecule has 0 fully saturated rings. The number of hydrogen-bond donors (Lipinski definition) is 1. The fourth-order valence-corrected chi connectivity index (χ4v) is 1.72. The van der Waals surface area contributed by atoms with Crippen LogP contribution in [0.3, 0.4) is 0 Å². The molecule has 0 bridgehead atoms. The van der Waals surface area contributed by atoms with Crippen molar-refractivity contribution in [3.63, 3.8) is 0 Å². The maximum absolute atomic E-state index is 12.1. The van der Waals surface area contributed by atoms with E-state index in [0.29, 0.717) is 5.92 Å². The molecule has 1 N–H and O–H groups in total. The minimum Gasteiger partial charge on any atom is -0.343 e. The fourth-order valence-electron chi connectivity index (χ4n) is 1.72. The maximum atomic E-state index is 12.1. The summed E-state index contributed by atoms with van der Waals surface area (Å²) in [6.07, 6.45) is 0. The smallest absolute Gasteiger partial charge is 0.239 e. The molecule has 90 valence electrons. The zero-order valence-corrected chi connectivity index (χ0v) is 10.9. The highest BCUT2D eigenvalue weighted by molar-refractivity contribution is 5.81. The van der Waals surface area contributed by atoms with Crippen LogP contribution in [0.5, 0.6) is 0 Å². The zero-order chi connectivity index (χ0) is 12.0. The van der Waals surface area contributed by atoms with Crippen molar-refractivity contribution in [3.05, 3.63) is 0 Å². The first-order valence-corrected chi connectivity index (χ1v) is 5.47. The summed E-state index contributed by atoms with van der Waals surface area (Å²) in [6, 6.07) is -0.0214. The molecule has 0 aromatic rings. The van der Waals surface area contributed by atoms with Gasteiger partial charge < -0.3 is 10.2 Å². The summed E-state index contributed by atoms with van der Waals surface area (Å²) in [5, 5.41) is 3.04. The first-order chi connectivity index (χ1) is 6.91. The quantitative estimate of drug-likeness (QED) is 0.690. The highest BCUT2D eigenvalue weighted by Gasteiger charge is 2.26. The Morgan fingerprint density at radius 1 is 1.27 bits per heavy atom. The van der Waals surface area contributed by atoms with Gasteiger partial charge in [0, 0.05) is 20.1 Å². The molecule has 1 atom stereocenters.